The molecule has 6 heteroatoms. The van der Waals surface area contributed by atoms with E-state index in [1.165, 1.54) is 18.6 Å². The number of nitrogens with zero attached hydrogens (tertiary/aromatic N) is 4. The number of hydrogen-bond acceptors (Lipinski definition) is 3. The first-order valence-corrected chi connectivity index (χ1v) is 9.25. The van der Waals surface area contributed by atoms with Gasteiger partial charge in [0.2, 0.25) is 0 Å². The number of piperidine rings is 1. The number of benzene rings is 1. The first-order chi connectivity index (χ1) is 12.4. The maximum atomic E-state index is 13.4. The largest absolute Gasteiger partial charge is 0.334 e. The molecule has 26 heavy (non-hydrogen) atoms. The van der Waals surface area contributed by atoms with Crippen LogP contribution < -0.4 is 0 Å². The molecular formula is C20H25FN4O. The monoisotopic (exact) mass is 356 g/mol. The first-order valence-electron chi connectivity index (χ1n) is 9.25. The summed E-state index contributed by atoms with van der Waals surface area (Å²) in [7, 11) is 2.14. The summed E-state index contributed by atoms with van der Waals surface area (Å²) in [5.74, 6) is 0.352. The van der Waals surface area contributed by atoms with Crippen LogP contribution in [0.5, 0.6) is 0 Å². The zero-order valence-corrected chi connectivity index (χ0v) is 15.6. The Morgan fingerprint density at radius 2 is 1.85 bits per heavy atom. The molecule has 0 aliphatic carbocycles. The fourth-order valence-corrected chi connectivity index (χ4v) is 4.49. The Labute approximate surface area is 153 Å². The Morgan fingerprint density at radius 3 is 2.58 bits per heavy atom. The van der Waals surface area contributed by atoms with Gasteiger partial charge in [0.05, 0.1) is 22.6 Å². The topological polar surface area (TPSA) is 41.4 Å². The summed E-state index contributed by atoms with van der Waals surface area (Å²) < 4.78 is 15.0. The molecule has 0 unspecified atom stereocenters. The molecule has 3 aliphatic heterocycles. The molecule has 1 aromatic heterocycles. The molecule has 5 nitrogen and oxygen atoms in total. The second kappa shape index (κ2) is 6.50. The lowest BCUT2D eigenvalue weighted by Crippen LogP contribution is -2.47. The minimum Gasteiger partial charge on any atom is -0.334 e. The van der Waals surface area contributed by atoms with Crippen molar-refractivity contribution in [2.24, 2.45) is 5.92 Å². The highest BCUT2D eigenvalue weighted by Gasteiger charge is 2.37. The molecule has 0 saturated carbocycles. The van der Waals surface area contributed by atoms with Crippen molar-refractivity contribution < 1.29 is 9.18 Å². The quantitative estimate of drug-likeness (QED) is 0.831. The van der Waals surface area contributed by atoms with Gasteiger partial charge in [-0.25, -0.2) is 9.07 Å². The van der Waals surface area contributed by atoms with Crippen molar-refractivity contribution >= 4 is 5.91 Å². The van der Waals surface area contributed by atoms with Gasteiger partial charge in [-0.05, 0) is 63.9 Å². The Bertz CT molecular complexity index is 829. The number of fused-ring (bicyclic) bond motifs is 4. The van der Waals surface area contributed by atoms with Gasteiger partial charge in [-0.15, -0.1) is 0 Å². The Hall–Kier alpha value is -2.21. The summed E-state index contributed by atoms with van der Waals surface area (Å²) >= 11 is 0. The van der Waals surface area contributed by atoms with Gasteiger partial charge in [-0.3, -0.25) is 4.79 Å². The highest BCUT2D eigenvalue weighted by atomic mass is 19.1. The molecule has 4 heterocycles. The van der Waals surface area contributed by atoms with E-state index in [1.54, 1.807) is 16.8 Å². The van der Waals surface area contributed by atoms with Crippen LogP contribution in [0.15, 0.2) is 24.3 Å². The van der Waals surface area contributed by atoms with Gasteiger partial charge in [0, 0.05) is 25.7 Å². The van der Waals surface area contributed by atoms with E-state index in [9.17, 15) is 9.18 Å². The Morgan fingerprint density at radius 1 is 1.12 bits per heavy atom. The summed E-state index contributed by atoms with van der Waals surface area (Å²) in [6.07, 6.45) is 2.27. The number of likely N-dealkylation sites (N-methyl/N-ethyl adjacent to an activating group) is 1. The third-order valence-corrected chi connectivity index (χ3v) is 5.73. The maximum absolute atomic E-state index is 13.4. The second-order valence-corrected chi connectivity index (χ2v) is 7.71. The number of amides is 1. The predicted molar refractivity (Wildman–Crippen MR) is 98.0 cm³/mol. The molecule has 2 bridgehead atoms. The van der Waals surface area contributed by atoms with Crippen LogP contribution in [0.25, 0.3) is 5.69 Å². The zero-order valence-electron chi connectivity index (χ0n) is 15.6. The summed E-state index contributed by atoms with van der Waals surface area (Å²) in [4.78, 5) is 17.8. The zero-order chi connectivity index (χ0) is 18.4. The molecule has 2 atom stereocenters. The van der Waals surface area contributed by atoms with Crippen LogP contribution >= 0.6 is 0 Å². The van der Waals surface area contributed by atoms with Crippen LogP contribution in [0.1, 0.15) is 34.6 Å². The Kier molecular flexibility index (Phi) is 4.31. The molecule has 1 amide bonds. The number of hydrogen-bond donors (Lipinski definition) is 0. The lowest BCUT2D eigenvalue weighted by molar-refractivity contribution is 0.0585. The fraction of sp³-hybridized carbons (Fsp3) is 0.500. The van der Waals surface area contributed by atoms with E-state index >= 15 is 0 Å². The van der Waals surface area contributed by atoms with E-state index in [0.717, 1.165) is 43.1 Å². The number of halogens is 1. The van der Waals surface area contributed by atoms with E-state index in [4.69, 9.17) is 0 Å². The van der Waals surface area contributed by atoms with Crippen molar-refractivity contribution in [1.29, 1.82) is 0 Å². The van der Waals surface area contributed by atoms with Crippen LogP contribution in [0.3, 0.4) is 0 Å². The number of rotatable bonds is 2. The molecule has 2 aromatic rings. The molecule has 3 aliphatic rings. The maximum Gasteiger partial charge on any atom is 0.257 e. The highest BCUT2D eigenvalue weighted by molar-refractivity contribution is 5.97. The van der Waals surface area contributed by atoms with Gasteiger partial charge >= 0.3 is 0 Å². The lowest BCUT2D eigenvalue weighted by atomic mass is 9.94. The van der Waals surface area contributed by atoms with E-state index < -0.39 is 0 Å². The fourth-order valence-electron chi connectivity index (χ4n) is 4.49. The first kappa shape index (κ1) is 17.2. The minimum absolute atomic E-state index is 0.0818. The van der Waals surface area contributed by atoms with Gasteiger partial charge in [0.1, 0.15) is 5.82 Å². The molecule has 138 valence electrons. The van der Waals surface area contributed by atoms with Gasteiger partial charge in [-0.1, -0.05) is 0 Å². The number of aryl methyl sites for hydroxylation is 1. The summed E-state index contributed by atoms with van der Waals surface area (Å²) in [6.45, 7) is 6.62. The van der Waals surface area contributed by atoms with Crippen LogP contribution in [0.4, 0.5) is 4.39 Å². The van der Waals surface area contributed by atoms with Gasteiger partial charge in [0.25, 0.3) is 5.91 Å². The second-order valence-electron chi connectivity index (χ2n) is 7.71. The minimum atomic E-state index is -0.281. The van der Waals surface area contributed by atoms with E-state index in [-0.39, 0.29) is 17.8 Å². The van der Waals surface area contributed by atoms with Gasteiger partial charge in [0.15, 0.2) is 0 Å². The smallest absolute Gasteiger partial charge is 0.257 e. The van der Waals surface area contributed by atoms with Gasteiger partial charge in [-0.2, -0.15) is 5.10 Å². The molecule has 1 aromatic carbocycles. The van der Waals surface area contributed by atoms with Crippen molar-refractivity contribution in [3.05, 3.63) is 47.0 Å². The van der Waals surface area contributed by atoms with Crippen LogP contribution in [0, 0.1) is 25.6 Å². The van der Waals surface area contributed by atoms with Crippen molar-refractivity contribution in [3.63, 3.8) is 0 Å². The molecule has 0 spiro atoms. The van der Waals surface area contributed by atoms with Crippen LogP contribution in [-0.4, -0.2) is 58.2 Å². The molecule has 0 N–H and O–H groups in total. The molecule has 3 fully saturated rings. The third kappa shape index (κ3) is 2.92. The summed E-state index contributed by atoms with van der Waals surface area (Å²) in [5.41, 5.74) is 2.99. The van der Waals surface area contributed by atoms with Crippen molar-refractivity contribution in [3.8, 4) is 5.69 Å². The molecule has 0 radical (unpaired) electrons. The Balaban J connectivity index is 1.67. The SMILES string of the molecule is Cc1nn(-c2ccc(F)cc2)c(C)c1C(=O)N1C[C@@H]2CC[C@H]1CN(C)C2. The third-order valence-electron chi connectivity index (χ3n) is 5.73. The van der Waals surface area contributed by atoms with Crippen molar-refractivity contribution in [2.45, 2.75) is 32.7 Å². The predicted octanol–water partition coefficient (Wildman–Crippen LogP) is 2.79. The van der Waals surface area contributed by atoms with Crippen molar-refractivity contribution in [1.82, 2.24) is 19.6 Å². The van der Waals surface area contributed by atoms with E-state index in [2.05, 4.69) is 21.9 Å². The lowest BCUT2D eigenvalue weighted by Gasteiger charge is -2.36. The van der Waals surface area contributed by atoms with Crippen LogP contribution in [-0.2, 0) is 0 Å². The summed E-state index contributed by atoms with van der Waals surface area (Å²) in [6, 6.07) is 6.48. The summed E-state index contributed by atoms with van der Waals surface area (Å²) in [5, 5.41) is 4.56. The highest BCUT2D eigenvalue weighted by Crippen LogP contribution is 2.30. The number of carbonyl (C=O) groups is 1. The number of carbonyl (C=O) groups excluding carboxylic acids is 1. The number of aromatic nitrogens is 2. The average molecular weight is 356 g/mol. The standard InChI is InChI=1S/C20H25FN4O/c1-13-19(14(2)25(22-13)17-8-5-16(21)6-9-17)20(26)24-11-15-4-7-18(24)12-23(3)10-15/h5-6,8-9,15,18H,4,7,10-12H2,1-3H3/t15-,18+/m1/s1. The molecule has 3 saturated heterocycles. The van der Waals surface area contributed by atoms with E-state index in [0.29, 0.717) is 11.5 Å². The van der Waals surface area contributed by atoms with Crippen molar-refractivity contribution in [2.75, 3.05) is 26.7 Å². The van der Waals surface area contributed by atoms with Crippen LogP contribution in [0.2, 0.25) is 0 Å². The van der Waals surface area contributed by atoms with E-state index in [1.807, 2.05) is 13.8 Å². The average Bonchev–Trinajstić information content (AvgIpc) is 2.75. The molecular weight excluding hydrogens is 331 g/mol. The van der Waals surface area contributed by atoms with Gasteiger partial charge < -0.3 is 9.80 Å². The molecule has 5 rings (SSSR count). The normalized spacial score (nSPS) is 23.3.